The highest BCUT2D eigenvalue weighted by atomic mass is 16.6. The van der Waals surface area contributed by atoms with Crippen LogP contribution >= 0.6 is 0 Å². The monoisotopic (exact) mass is 360 g/mol. The first-order valence-corrected chi connectivity index (χ1v) is 8.39. The van der Waals surface area contributed by atoms with Crippen LogP contribution in [-0.2, 0) is 9.47 Å². The molecular formula is C18H24N4O4. The molecule has 1 aromatic rings. The first-order chi connectivity index (χ1) is 12.2. The fourth-order valence-corrected chi connectivity index (χ4v) is 2.77. The molecule has 2 heterocycles. The van der Waals surface area contributed by atoms with E-state index in [1.54, 1.807) is 4.90 Å². The molecule has 8 nitrogen and oxygen atoms in total. The standard InChI is InChI=1S/C18H24N4O4/c1-12-11-21(6-7-22(12)17(24)26-18(2,3)4)15-14(16(23)25-5)8-13(9-19)10-20-15/h8,10,12H,6-7,11H2,1-5H3. The molecule has 1 aliphatic rings. The maximum Gasteiger partial charge on any atom is 0.410 e. The van der Waals surface area contributed by atoms with Crippen LogP contribution in [0.5, 0.6) is 0 Å². The third-order valence-corrected chi connectivity index (χ3v) is 3.96. The van der Waals surface area contributed by atoms with Crippen molar-refractivity contribution in [2.45, 2.75) is 39.3 Å². The molecule has 0 bridgehead atoms. The van der Waals surface area contributed by atoms with E-state index in [0.717, 1.165) is 0 Å². The quantitative estimate of drug-likeness (QED) is 0.746. The van der Waals surface area contributed by atoms with E-state index in [9.17, 15) is 9.59 Å². The number of hydrogen-bond donors (Lipinski definition) is 0. The van der Waals surface area contributed by atoms with Crippen LogP contribution in [-0.4, -0.2) is 60.3 Å². The van der Waals surface area contributed by atoms with Gasteiger partial charge in [-0.1, -0.05) is 0 Å². The summed E-state index contributed by atoms with van der Waals surface area (Å²) in [4.78, 5) is 32.3. The molecule has 1 unspecified atom stereocenters. The van der Waals surface area contributed by atoms with Gasteiger partial charge < -0.3 is 19.3 Å². The molecule has 0 aromatic carbocycles. The van der Waals surface area contributed by atoms with E-state index >= 15 is 0 Å². The van der Waals surface area contributed by atoms with E-state index in [-0.39, 0.29) is 23.3 Å². The van der Waals surface area contributed by atoms with Crippen molar-refractivity contribution in [1.82, 2.24) is 9.88 Å². The molecule has 140 valence electrons. The molecule has 0 radical (unpaired) electrons. The van der Waals surface area contributed by atoms with Gasteiger partial charge in [0.2, 0.25) is 0 Å². The minimum Gasteiger partial charge on any atom is -0.465 e. The zero-order valence-corrected chi connectivity index (χ0v) is 15.8. The molecule has 1 atom stereocenters. The lowest BCUT2D eigenvalue weighted by Gasteiger charge is -2.41. The number of pyridine rings is 1. The van der Waals surface area contributed by atoms with Crippen LogP contribution in [0.4, 0.5) is 10.6 Å². The summed E-state index contributed by atoms with van der Waals surface area (Å²) in [6, 6.07) is 3.32. The van der Waals surface area contributed by atoms with Crippen LogP contribution in [0.25, 0.3) is 0 Å². The van der Waals surface area contributed by atoms with Crippen LogP contribution in [0, 0.1) is 11.3 Å². The lowest BCUT2D eigenvalue weighted by atomic mass is 10.1. The van der Waals surface area contributed by atoms with Gasteiger partial charge in [0.1, 0.15) is 23.1 Å². The van der Waals surface area contributed by atoms with Crippen molar-refractivity contribution in [3.05, 3.63) is 23.4 Å². The summed E-state index contributed by atoms with van der Waals surface area (Å²) < 4.78 is 10.2. The topological polar surface area (TPSA) is 95.8 Å². The first kappa shape index (κ1) is 19.5. The lowest BCUT2D eigenvalue weighted by Crippen LogP contribution is -2.55. The second kappa shape index (κ2) is 7.60. The fraction of sp³-hybridized carbons (Fsp3) is 0.556. The number of anilines is 1. The molecule has 1 amide bonds. The first-order valence-electron chi connectivity index (χ1n) is 8.39. The Morgan fingerprint density at radius 3 is 2.58 bits per heavy atom. The number of hydrogen-bond acceptors (Lipinski definition) is 7. The summed E-state index contributed by atoms with van der Waals surface area (Å²) in [6.45, 7) is 8.82. The molecule has 1 aromatic heterocycles. The van der Waals surface area contributed by atoms with Gasteiger partial charge >= 0.3 is 12.1 Å². The van der Waals surface area contributed by atoms with Crippen LogP contribution in [0.2, 0.25) is 0 Å². The molecule has 1 aliphatic heterocycles. The highest BCUT2D eigenvalue weighted by Crippen LogP contribution is 2.24. The Morgan fingerprint density at radius 1 is 1.35 bits per heavy atom. The summed E-state index contributed by atoms with van der Waals surface area (Å²) in [7, 11) is 1.29. The van der Waals surface area contributed by atoms with Gasteiger partial charge in [-0.05, 0) is 33.8 Å². The molecule has 2 rings (SSSR count). The van der Waals surface area contributed by atoms with Crippen molar-refractivity contribution in [3.8, 4) is 6.07 Å². The third-order valence-electron chi connectivity index (χ3n) is 3.96. The minimum absolute atomic E-state index is 0.124. The van der Waals surface area contributed by atoms with Gasteiger partial charge in [-0.3, -0.25) is 0 Å². The molecule has 0 N–H and O–H groups in total. The van der Waals surface area contributed by atoms with Gasteiger partial charge in [0.05, 0.1) is 12.7 Å². The zero-order chi connectivity index (χ0) is 19.5. The van der Waals surface area contributed by atoms with E-state index in [4.69, 9.17) is 14.7 Å². The number of carbonyl (C=O) groups is 2. The molecular weight excluding hydrogens is 336 g/mol. The molecule has 0 aliphatic carbocycles. The number of nitriles is 1. The van der Waals surface area contributed by atoms with E-state index in [2.05, 4.69) is 4.98 Å². The Balaban J connectivity index is 2.20. The molecule has 8 heteroatoms. The highest BCUT2D eigenvalue weighted by molar-refractivity contribution is 5.95. The molecule has 0 spiro atoms. The van der Waals surface area contributed by atoms with E-state index in [1.807, 2.05) is 38.7 Å². The van der Waals surface area contributed by atoms with Crippen molar-refractivity contribution < 1.29 is 19.1 Å². The van der Waals surface area contributed by atoms with Crippen LogP contribution in [0.15, 0.2) is 12.3 Å². The van der Waals surface area contributed by atoms with Crippen molar-refractivity contribution in [2.24, 2.45) is 0 Å². The third kappa shape index (κ3) is 4.42. The minimum atomic E-state index is -0.555. The normalized spacial score (nSPS) is 17.5. The number of amides is 1. The molecule has 1 fully saturated rings. The smallest absolute Gasteiger partial charge is 0.410 e. The molecule has 26 heavy (non-hydrogen) atoms. The number of ether oxygens (including phenoxy) is 2. The number of rotatable bonds is 2. The Labute approximate surface area is 153 Å². The van der Waals surface area contributed by atoms with E-state index in [0.29, 0.717) is 25.5 Å². The van der Waals surface area contributed by atoms with Gasteiger partial charge in [-0.25, -0.2) is 14.6 Å². The second-order valence-corrected chi connectivity index (χ2v) is 7.17. The van der Waals surface area contributed by atoms with Gasteiger partial charge in [-0.2, -0.15) is 5.26 Å². The summed E-state index contributed by atoms with van der Waals surface area (Å²) >= 11 is 0. The summed E-state index contributed by atoms with van der Waals surface area (Å²) in [5.41, 5.74) is -0.0280. The summed E-state index contributed by atoms with van der Waals surface area (Å²) in [5, 5.41) is 9.03. The predicted octanol–water partition coefficient (Wildman–Crippen LogP) is 2.19. The van der Waals surface area contributed by atoms with Crippen LogP contribution in [0.1, 0.15) is 43.6 Å². The number of aromatic nitrogens is 1. The van der Waals surface area contributed by atoms with Crippen molar-refractivity contribution in [2.75, 3.05) is 31.6 Å². The Bertz CT molecular complexity index is 736. The maximum atomic E-state index is 12.3. The summed E-state index contributed by atoms with van der Waals surface area (Å²) in [5.74, 6) is -0.0987. The van der Waals surface area contributed by atoms with E-state index in [1.165, 1.54) is 19.4 Å². The van der Waals surface area contributed by atoms with Gasteiger partial charge in [0.15, 0.2) is 0 Å². The zero-order valence-electron chi connectivity index (χ0n) is 15.8. The number of nitrogens with zero attached hydrogens (tertiary/aromatic N) is 4. The number of carbonyl (C=O) groups excluding carboxylic acids is 2. The predicted molar refractivity (Wildman–Crippen MR) is 94.9 cm³/mol. The lowest BCUT2D eigenvalue weighted by molar-refractivity contribution is 0.0158. The van der Waals surface area contributed by atoms with Crippen LogP contribution in [0.3, 0.4) is 0 Å². The largest absolute Gasteiger partial charge is 0.465 e. The van der Waals surface area contributed by atoms with Crippen molar-refractivity contribution >= 4 is 17.9 Å². The van der Waals surface area contributed by atoms with Crippen molar-refractivity contribution in [3.63, 3.8) is 0 Å². The average Bonchev–Trinajstić information content (AvgIpc) is 2.58. The van der Waals surface area contributed by atoms with Gasteiger partial charge in [-0.15, -0.1) is 0 Å². The Morgan fingerprint density at radius 2 is 2.04 bits per heavy atom. The van der Waals surface area contributed by atoms with Gasteiger partial charge in [0.25, 0.3) is 0 Å². The molecule has 0 saturated carbocycles. The number of piperazine rings is 1. The Kier molecular flexibility index (Phi) is 5.70. The number of methoxy groups -OCH3 is 1. The maximum absolute atomic E-state index is 12.3. The van der Waals surface area contributed by atoms with Crippen molar-refractivity contribution in [1.29, 1.82) is 5.26 Å². The Hall–Kier alpha value is -2.82. The molecule has 1 saturated heterocycles. The summed E-state index contributed by atoms with van der Waals surface area (Å²) in [6.07, 6.45) is 1.07. The average molecular weight is 360 g/mol. The highest BCUT2D eigenvalue weighted by Gasteiger charge is 2.32. The SMILES string of the molecule is COC(=O)c1cc(C#N)cnc1N1CCN(C(=O)OC(C)(C)C)C(C)C1. The fourth-order valence-electron chi connectivity index (χ4n) is 2.77. The van der Waals surface area contributed by atoms with Gasteiger partial charge in [0, 0.05) is 31.9 Å². The second-order valence-electron chi connectivity index (χ2n) is 7.17. The van der Waals surface area contributed by atoms with Crippen LogP contribution < -0.4 is 4.90 Å². The number of esters is 1. The van der Waals surface area contributed by atoms with E-state index < -0.39 is 11.6 Å².